The Labute approximate surface area is 72.4 Å². The van der Waals surface area contributed by atoms with Gasteiger partial charge in [0, 0.05) is 24.2 Å². The van der Waals surface area contributed by atoms with E-state index in [1.54, 1.807) is 0 Å². The molecule has 1 amide bonds. The molecule has 0 spiro atoms. The molecule has 0 bridgehead atoms. The molecule has 0 unspecified atom stereocenters. The van der Waals surface area contributed by atoms with Gasteiger partial charge >= 0.3 is 0 Å². The number of hydrogen-bond donors (Lipinski definition) is 1. The first kappa shape index (κ1) is 9.57. The second-order valence-corrected chi connectivity index (χ2v) is 2.35. The van der Waals surface area contributed by atoms with E-state index in [1.165, 1.54) is 0 Å². The SMILES string of the molecule is O=CNCc1c(F)cc(F)cc1F. The summed E-state index contributed by atoms with van der Waals surface area (Å²) in [4.78, 5) is 9.84. The smallest absolute Gasteiger partial charge is 0.207 e. The van der Waals surface area contributed by atoms with Crippen molar-refractivity contribution in [1.82, 2.24) is 5.32 Å². The molecule has 0 heterocycles. The van der Waals surface area contributed by atoms with Crippen molar-refractivity contribution in [2.75, 3.05) is 0 Å². The van der Waals surface area contributed by atoms with Crippen molar-refractivity contribution in [3.8, 4) is 0 Å². The molecule has 2 nitrogen and oxygen atoms in total. The molecular formula is C8H6F3NO. The molecule has 0 aliphatic rings. The Hall–Kier alpha value is -1.52. The molecule has 1 rings (SSSR count). The van der Waals surface area contributed by atoms with Gasteiger partial charge in [0.15, 0.2) is 0 Å². The van der Waals surface area contributed by atoms with Crippen LogP contribution >= 0.6 is 0 Å². The molecule has 0 aliphatic heterocycles. The molecule has 1 aromatic rings. The molecule has 13 heavy (non-hydrogen) atoms. The van der Waals surface area contributed by atoms with Gasteiger partial charge in [0.25, 0.3) is 0 Å². The van der Waals surface area contributed by atoms with Gasteiger partial charge in [-0.25, -0.2) is 13.2 Å². The van der Waals surface area contributed by atoms with Crippen molar-refractivity contribution in [2.45, 2.75) is 6.54 Å². The Morgan fingerprint density at radius 2 is 1.77 bits per heavy atom. The molecule has 0 saturated heterocycles. The van der Waals surface area contributed by atoms with Crippen LogP contribution in [0.3, 0.4) is 0 Å². The molecule has 0 atom stereocenters. The molecule has 0 radical (unpaired) electrons. The molecule has 0 fully saturated rings. The van der Waals surface area contributed by atoms with Crippen molar-refractivity contribution in [1.29, 1.82) is 0 Å². The van der Waals surface area contributed by atoms with Crippen LogP contribution in [-0.4, -0.2) is 6.41 Å². The van der Waals surface area contributed by atoms with Crippen LogP contribution in [0.4, 0.5) is 13.2 Å². The lowest BCUT2D eigenvalue weighted by Gasteiger charge is -2.03. The maximum Gasteiger partial charge on any atom is 0.207 e. The summed E-state index contributed by atoms with van der Waals surface area (Å²) >= 11 is 0. The second kappa shape index (κ2) is 3.93. The summed E-state index contributed by atoms with van der Waals surface area (Å²) in [5.74, 6) is -3.00. The lowest BCUT2D eigenvalue weighted by Crippen LogP contribution is -2.13. The minimum Gasteiger partial charge on any atom is -0.354 e. The summed E-state index contributed by atoms with van der Waals surface area (Å²) in [6.45, 7) is -0.290. The zero-order valence-corrected chi connectivity index (χ0v) is 6.48. The number of benzene rings is 1. The minimum absolute atomic E-state index is 0.290. The molecule has 0 aliphatic carbocycles. The van der Waals surface area contributed by atoms with Crippen molar-refractivity contribution in [3.05, 3.63) is 35.1 Å². The Morgan fingerprint density at radius 3 is 2.23 bits per heavy atom. The summed E-state index contributed by atoms with van der Waals surface area (Å²) in [5, 5.41) is 2.08. The van der Waals surface area contributed by atoms with Crippen LogP contribution < -0.4 is 5.32 Å². The van der Waals surface area contributed by atoms with Crippen LogP contribution in [-0.2, 0) is 11.3 Å². The molecule has 1 N–H and O–H groups in total. The topological polar surface area (TPSA) is 29.1 Å². The fourth-order valence-electron chi connectivity index (χ4n) is 0.885. The van der Waals surface area contributed by atoms with Crippen molar-refractivity contribution >= 4 is 6.41 Å². The molecular weight excluding hydrogens is 183 g/mol. The third kappa shape index (κ3) is 2.21. The van der Waals surface area contributed by atoms with Crippen LogP contribution in [0.2, 0.25) is 0 Å². The molecule has 1 aromatic carbocycles. The number of carbonyl (C=O) groups excluding carboxylic acids is 1. The van der Waals surface area contributed by atoms with Crippen molar-refractivity contribution in [2.24, 2.45) is 0 Å². The van der Waals surface area contributed by atoms with Gasteiger partial charge in [-0.15, -0.1) is 0 Å². The van der Waals surface area contributed by atoms with E-state index < -0.39 is 17.5 Å². The maximum absolute atomic E-state index is 12.8. The van der Waals surface area contributed by atoms with E-state index in [9.17, 15) is 18.0 Å². The highest BCUT2D eigenvalue weighted by Gasteiger charge is 2.10. The second-order valence-electron chi connectivity index (χ2n) is 2.35. The predicted molar refractivity (Wildman–Crippen MR) is 39.2 cm³/mol. The van der Waals surface area contributed by atoms with Gasteiger partial charge in [0.2, 0.25) is 6.41 Å². The number of amides is 1. The summed E-state index contributed by atoms with van der Waals surface area (Å²) < 4.78 is 38.0. The van der Waals surface area contributed by atoms with Gasteiger partial charge in [-0.1, -0.05) is 0 Å². The highest BCUT2D eigenvalue weighted by Crippen LogP contribution is 2.13. The zero-order chi connectivity index (χ0) is 9.84. The van der Waals surface area contributed by atoms with E-state index >= 15 is 0 Å². The number of carbonyl (C=O) groups is 1. The number of nitrogens with one attached hydrogen (secondary N) is 1. The third-order valence-corrected chi connectivity index (χ3v) is 1.47. The largest absolute Gasteiger partial charge is 0.354 e. The Morgan fingerprint density at radius 1 is 1.23 bits per heavy atom. The van der Waals surface area contributed by atoms with E-state index in [0.29, 0.717) is 18.5 Å². The van der Waals surface area contributed by atoms with Gasteiger partial charge in [0.05, 0.1) is 0 Å². The number of rotatable bonds is 3. The van der Waals surface area contributed by atoms with Crippen LogP contribution in [0.1, 0.15) is 5.56 Å². The number of halogens is 3. The first-order valence-electron chi connectivity index (χ1n) is 3.45. The first-order chi connectivity index (χ1) is 6.15. The highest BCUT2D eigenvalue weighted by molar-refractivity contribution is 5.46. The summed E-state index contributed by atoms with van der Waals surface area (Å²) in [5.41, 5.74) is -0.353. The molecule has 0 aromatic heterocycles. The number of hydrogen-bond acceptors (Lipinski definition) is 1. The lowest BCUT2D eigenvalue weighted by atomic mass is 10.2. The average Bonchev–Trinajstić information content (AvgIpc) is 2.02. The van der Waals surface area contributed by atoms with E-state index in [1.807, 2.05) is 0 Å². The quantitative estimate of drug-likeness (QED) is 0.714. The first-order valence-corrected chi connectivity index (χ1v) is 3.45. The lowest BCUT2D eigenvalue weighted by molar-refractivity contribution is -0.109. The fourth-order valence-corrected chi connectivity index (χ4v) is 0.885. The van der Waals surface area contributed by atoms with Gasteiger partial charge in [-0.2, -0.15) is 0 Å². The van der Waals surface area contributed by atoms with Gasteiger partial charge < -0.3 is 5.32 Å². The van der Waals surface area contributed by atoms with Crippen molar-refractivity contribution in [3.63, 3.8) is 0 Å². The van der Waals surface area contributed by atoms with Gasteiger partial charge in [0.1, 0.15) is 17.5 Å². The van der Waals surface area contributed by atoms with E-state index in [-0.39, 0.29) is 12.1 Å². The van der Waals surface area contributed by atoms with Crippen LogP contribution in [0.25, 0.3) is 0 Å². The molecule has 5 heteroatoms. The van der Waals surface area contributed by atoms with E-state index in [0.717, 1.165) is 0 Å². The zero-order valence-electron chi connectivity index (χ0n) is 6.48. The van der Waals surface area contributed by atoms with Gasteiger partial charge in [-0.05, 0) is 0 Å². The van der Waals surface area contributed by atoms with Crippen LogP contribution in [0.5, 0.6) is 0 Å². The average molecular weight is 189 g/mol. The Bertz CT molecular complexity index is 304. The van der Waals surface area contributed by atoms with E-state index in [2.05, 4.69) is 5.32 Å². The minimum atomic E-state index is -1.01. The van der Waals surface area contributed by atoms with Crippen LogP contribution in [0, 0.1) is 17.5 Å². The maximum atomic E-state index is 12.8. The van der Waals surface area contributed by atoms with Crippen LogP contribution in [0.15, 0.2) is 12.1 Å². The van der Waals surface area contributed by atoms with Gasteiger partial charge in [-0.3, -0.25) is 4.79 Å². The highest BCUT2D eigenvalue weighted by atomic mass is 19.1. The monoisotopic (exact) mass is 189 g/mol. The summed E-state index contributed by atoms with van der Waals surface area (Å²) in [6.07, 6.45) is 0.308. The molecule has 70 valence electrons. The van der Waals surface area contributed by atoms with Crippen molar-refractivity contribution < 1.29 is 18.0 Å². The van der Waals surface area contributed by atoms with E-state index in [4.69, 9.17) is 0 Å². The fraction of sp³-hybridized carbons (Fsp3) is 0.125. The summed E-state index contributed by atoms with van der Waals surface area (Å²) in [7, 11) is 0. The standard InChI is InChI=1S/C8H6F3NO/c9-5-1-7(10)6(3-12-4-13)8(11)2-5/h1-2,4H,3H2,(H,12,13). The predicted octanol–water partition coefficient (Wildman–Crippen LogP) is 1.35. The molecule has 0 saturated carbocycles. The summed E-state index contributed by atoms with van der Waals surface area (Å²) in [6, 6.07) is 1.12. The normalized spacial score (nSPS) is 9.77. The third-order valence-electron chi connectivity index (χ3n) is 1.47. The Kier molecular flexibility index (Phi) is 2.89. The Balaban J connectivity index is 2.98.